The minimum Gasteiger partial charge on any atom is -0.365 e. The molecule has 158 valence electrons. The summed E-state index contributed by atoms with van der Waals surface area (Å²) in [6, 6.07) is 4.13. The fourth-order valence-electron chi connectivity index (χ4n) is 5.57. The predicted molar refractivity (Wildman–Crippen MR) is 121 cm³/mol. The first-order chi connectivity index (χ1) is 15.3. The van der Waals surface area contributed by atoms with Crippen molar-refractivity contribution in [3.63, 3.8) is 0 Å². The van der Waals surface area contributed by atoms with Crippen LogP contribution in [0.15, 0.2) is 30.7 Å². The summed E-state index contributed by atoms with van der Waals surface area (Å²) in [5, 5.41) is 8.34. The van der Waals surface area contributed by atoms with Crippen LogP contribution in [0.5, 0.6) is 0 Å². The molecule has 2 bridgehead atoms. The molecule has 1 saturated heterocycles. The average molecular weight is 414 g/mol. The van der Waals surface area contributed by atoms with E-state index in [1.54, 1.807) is 0 Å². The second-order valence-corrected chi connectivity index (χ2v) is 9.82. The van der Waals surface area contributed by atoms with E-state index >= 15 is 0 Å². The van der Waals surface area contributed by atoms with E-state index in [2.05, 4.69) is 31.6 Å². The Kier molecular flexibility index (Phi) is 3.80. The summed E-state index contributed by atoms with van der Waals surface area (Å²) in [7, 11) is 0. The zero-order chi connectivity index (χ0) is 20.4. The van der Waals surface area contributed by atoms with E-state index in [4.69, 9.17) is 9.97 Å². The summed E-state index contributed by atoms with van der Waals surface area (Å²) in [5.41, 5.74) is 3.58. The Bertz CT molecular complexity index is 1150. The third-order valence-electron chi connectivity index (χ3n) is 7.50. The number of hydrogen-bond donors (Lipinski definition) is 2. The average Bonchev–Trinajstić information content (AvgIpc) is 3.60. The van der Waals surface area contributed by atoms with Gasteiger partial charge in [-0.3, -0.25) is 4.98 Å². The molecule has 0 unspecified atom stereocenters. The molecule has 4 heterocycles. The van der Waals surface area contributed by atoms with Crippen LogP contribution in [0.4, 0.5) is 11.6 Å². The van der Waals surface area contributed by atoms with Crippen molar-refractivity contribution in [2.75, 3.05) is 36.4 Å². The van der Waals surface area contributed by atoms with Gasteiger partial charge in [0, 0.05) is 55.1 Å². The van der Waals surface area contributed by atoms with Gasteiger partial charge in [-0.1, -0.05) is 0 Å². The highest BCUT2D eigenvalue weighted by molar-refractivity contribution is 5.94. The van der Waals surface area contributed by atoms with Gasteiger partial charge in [-0.2, -0.15) is 0 Å². The molecule has 0 spiro atoms. The molecule has 7 nitrogen and oxygen atoms in total. The lowest BCUT2D eigenvalue weighted by molar-refractivity contribution is 0.00182. The molecule has 0 radical (unpaired) electrons. The Morgan fingerprint density at radius 1 is 1.06 bits per heavy atom. The highest BCUT2D eigenvalue weighted by Crippen LogP contribution is 2.58. The van der Waals surface area contributed by atoms with Crippen molar-refractivity contribution >= 4 is 22.5 Å². The molecule has 3 aromatic rings. The molecule has 0 atom stereocenters. The molecule has 1 aliphatic heterocycles. The predicted octanol–water partition coefficient (Wildman–Crippen LogP) is 3.34. The summed E-state index contributed by atoms with van der Waals surface area (Å²) in [4.78, 5) is 21.7. The second-order valence-electron chi connectivity index (χ2n) is 9.82. The fourth-order valence-corrected chi connectivity index (χ4v) is 5.57. The van der Waals surface area contributed by atoms with E-state index in [1.165, 1.54) is 43.1 Å². The van der Waals surface area contributed by atoms with Gasteiger partial charge in [0.1, 0.15) is 11.6 Å². The van der Waals surface area contributed by atoms with Crippen molar-refractivity contribution < 1.29 is 0 Å². The van der Waals surface area contributed by atoms with Gasteiger partial charge in [0.15, 0.2) is 5.82 Å². The lowest BCUT2D eigenvalue weighted by Crippen LogP contribution is -2.63. The van der Waals surface area contributed by atoms with Gasteiger partial charge in [0.05, 0.1) is 11.7 Å². The van der Waals surface area contributed by atoms with Crippen LogP contribution in [0.1, 0.15) is 43.6 Å². The SMILES string of the molecule is c1cc(-c2nc(N3CCNCC3)c3c(C4CC4)cncc3n2)cc(NC23CC(C2)C3)n1. The first-order valence-corrected chi connectivity index (χ1v) is 11.6. The van der Waals surface area contributed by atoms with Gasteiger partial charge in [-0.05, 0) is 61.6 Å². The molecule has 0 aromatic carbocycles. The molecule has 5 fully saturated rings. The monoisotopic (exact) mass is 413 g/mol. The van der Waals surface area contributed by atoms with Crippen LogP contribution >= 0.6 is 0 Å². The highest BCUT2D eigenvalue weighted by atomic mass is 15.2. The van der Waals surface area contributed by atoms with Crippen LogP contribution in [-0.2, 0) is 0 Å². The molecular formula is C24H27N7. The molecule has 4 aliphatic carbocycles. The number of pyridine rings is 2. The molecule has 7 heteroatoms. The van der Waals surface area contributed by atoms with Crippen LogP contribution in [-0.4, -0.2) is 51.7 Å². The Hall–Kier alpha value is -2.80. The van der Waals surface area contributed by atoms with Crippen molar-refractivity contribution in [2.24, 2.45) is 5.92 Å². The van der Waals surface area contributed by atoms with Crippen LogP contribution in [0.25, 0.3) is 22.3 Å². The molecule has 4 saturated carbocycles. The van der Waals surface area contributed by atoms with E-state index < -0.39 is 0 Å². The number of nitrogens with zero attached hydrogens (tertiary/aromatic N) is 5. The number of hydrogen-bond acceptors (Lipinski definition) is 7. The first kappa shape index (κ1) is 17.8. The number of aromatic nitrogens is 4. The van der Waals surface area contributed by atoms with Crippen molar-refractivity contribution in [3.8, 4) is 11.4 Å². The van der Waals surface area contributed by atoms with E-state index in [9.17, 15) is 0 Å². The van der Waals surface area contributed by atoms with Gasteiger partial charge in [0.2, 0.25) is 0 Å². The molecule has 31 heavy (non-hydrogen) atoms. The second kappa shape index (κ2) is 6.60. The maximum absolute atomic E-state index is 5.15. The zero-order valence-corrected chi connectivity index (χ0v) is 17.6. The molecule has 8 rings (SSSR count). The van der Waals surface area contributed by atoms with E-state index in [1.807, 2.05) is 24.7 Å². The van der Waals surface area contributed by atoms with Crippen LogP contribution in [0.2, 0.25) is 0 Å². The lowest BCUT2D eigenvalue weighted by atomic mass is 9.50. The first-order valence-electron chi connectivity index (χ1n) is 11.6. The van der Waals surface area contributed by atoms with Gasteiger partial charge in [-0.15, -0.1) is 0 Å². The largest absolute Gasteiger partial charge is 0.365 e. The molecule has 5 aliphatic rings. The Balaban J connectivity index is 1.33. The van der Waals surface area contributed by atoms with Crippen molar-refractivity contribution in [2.45, 2.75) is 43.6 Å². The van der Waals surface area contributed by atoms with Crippen molar-refractivity contribution in [1.82, 2.24) is 25.3 Å². The van der Waals surface area contributed by atoms with Gasteiger partial charge < -0.3 is 15.5 Å². The van der Waals surface area contributed by atoms with E-state index in [0.717, 1.165) is 60.6 Å². The van der Waals surface area contributed by atoms with Crippen molar-refractivity contribution in [1.29, 1.82) is 0 Å². The highest BCUT2D eigenvalue weighted by Gasteiger charge is 2.56. The Morgan fingerprint density at radius 2 is 1.90 bits per heavy atom. The molecule has 2 N–H and O–H groups in total. The van der Waals surface area contributed by atoms with Gasteiger partial charge >= 0.3 is 0 Å². The number of anilines is 2. The smallest absolute Gasteiger partial charge is 0.162 e. The fraction of sp³-hybridized carbons (Fsp3) is 0.500. The number of nitrogens with one attached hydrogen (secondary N) is 2. The van der Waals surface area contributed by atoms with E-state index in [-0.39, 0.29) is 0 Å². The van der Waals surface area contributed by atoms with Gasteiger partial charge in [0.25, 0.3) is 0 Å². The summed E-state index contributed by atoms with van der Waals surface area (Å²) < 4.78 is 0. The number of piperazine rings is 1. The molecule has 0 amide bonds. The number of rotatable bonds is 5. The third-order valence-corrected chi connectivity index (χ3v) is 7.50. The minimum absolute atomic E-state index is 0.301. The maximum Gasteiger partial charge on any atom is 0.162 e. The quantitative estimate of drug-likeness (QED) is 0.664. The minimum atomic E-state index is 0.301. The summed E-state index contributed by atoms with van der Waals surface area (Å²) in [6.07, 6.45) is 12.2. The standard InChI is InChI=1S/C24H27N7/c1-2-16(1)18-13-26-14-19-21(18)23(31-7-5-25-6-8-31)29-22(28-19)17-3-4-27-20(9-17)30-24-10-15(11-24)12-24/h3-4,9,13-16,25H,1-2,5-8,10-12H2,(H,27,30). The summed E-state index contributed by atoms with van der Waals surface area (Å²) in [5.74, 6) is 4.31. The van der Waals surface area contributed by atoms with Crippen molar-refractivity contribution in [3.05, 3.63) is 36.3 Å². The zero-order valence-electron chi connectivity index (χ0n) is 17.6. The van der Waals surface area contributed by atoms with Crippen LogP contribution in [0, 0.1) is 5.92 Å². The van der Waals surface area contributed by atoms with Crippen LogP contribution < -0.4 is 15.5 Å². The summed E-state index contributed by atoms with van der Waals surface area (Å²) >= 11 is 0. The third kappa shape index (κ3) is 2.97. The Morgan fingerprint density at radius 3 is 2.65 bits per heavy atom. The number of fused-ring (bicyclic) bond motifs is 1. The Labute approximate surface area is 181 Å². The maximum atomic E-state index is 5.15. The van der Waals surface area contributed by atoms with E-state index in [0.29, 0.717) is 11.5 Å². The lowest BCUT2D eigenvalue weighted by Gasteiger charge is -2.62. The summed E-state index contributed by atoms with van der Waals surface area (Å²) in [6.45, 7) is 3.89. The van der Waals surface area contributed by atoms with Gasteiger partial charge in [-0.25, -0.2) is 15.0 Å². The molecular weight excluding hydrogens is 386 g/mol. The normalized spacial score (nSPS) is 27.0. The molecule has 3 aromatic heterocycles. The van der Waals surface area contributed by atoms with Crippen LogP contribution in [0.3, 0.4) is 0 Å². The topological polar surface area (TPSA) is 78.9 Å².